The fraction of sp³-hybridized carbons (Fsp3) is 0.714. The number of aromatic nitrogens is 1. The Hall–Kier alpha value is -1.36. The second-order valence-electron chi connectivity index (χ2n) is 5.64. The molecule has 1 unspecified atom stereocenters. The summed E-state index contributed by atoms with van der Waals surface area (Å²) in [6, 6.07) is 0. The molecule has 0 bridgehead atoms. The van der Waals surface area contributed by atoms with E-state index in [4.69, 9.17) is 4.42 Å². The summed E-state index contributed by atoms with van der Waals surface area (Å²) in [6.45, 7) is 2.74. The van der Waals surface area contributed by atoms with E-state index in [1.165, 1.54) is 6.39 Å². The lowest BCUT2D eigenvalue weighted by Gasteiger charge is -2.36. The Balaban J connectivity index is 1.88. The fourth-order valence-corrected chi connectivity index (χ4v) is 3.08. The molecule has 19 heavy (non-hydrogen) atoms. The molecule has 0 spiro atoms. The number of carbonyl (C=O) groups excluding carboxylic acids is 1. The molecular formula is C14H20N2O3. The van der Waals surface area contributed by atoms with Crippen molar-refractivity contribution in [2.24, 2.45) is 0 Å². The molecule has 1 aromatic rings. The Morgan fingerprint density at radius 3 is 3.05 bits per heavy atom. The van der Waals surface area contributed by atoms with Crippen LogP contribution < -0.4 is 0 Å². The molecular weight excluding hydrogens is 244 g/mol. The summed E-state index contributed by atoms with van der Waals surface area (Å²) < 4.78 is 5.38. The van der Waals surface area contributed by atoms with Crippen LogP contribution in [-0.2, 0) is 0 Å². The van der Waals surface area contributed by atoms with Gasteiger partial charge in [0.2, 0.25) is 0 Å². The van der Waals surface area contributed by atoms with Crippen molar-refractivity contribution in [2.45, 2.75) is 50.5 Å². The predicted molar refractivity (Wildman–Crippen MR) is 68.9 cm³/mol. The van der Waals surface area contributed by atoms with Crippen LogP contribution >= 0.6 is 0 Å². The highest BCUT2D eigenvalue weighted by atomic mass is 16.3. The highest BCUT2D eigenvalue weighted by Crippen LogP contribution is 2.42. The van der Waals surface area contributed by atoms with Crippen molar-refractivity contribution >= 4 is 5.91 Å². The highest BCUT2D eigenvalue weighted by Gasteiger charge is 2.44. The number of rotatable bonds is 4. The van der Waals surface area contributed by atoms with Crippen molar-refractivity contribution in [2.75, 3.05) is 13.2 Å². The maximum Gasteiger partial charge on any atom is 0.276 e. The second kappa shape index (κ2) is 4.63. The Kier molecular flexibility index (Phi) is 3.09. The number of aliphatic hydroxyl groups is 1. The molecule has 1 aliphatic heterocycles. The van der Waals surface area contributed by atoms with E-state index in [0.29, 0.717) is 18.2 Å². The molecule has 1 saturated carbocycles. The molecule has 1 N–H and O–H groups in total. The van der Waals surface area contributed by atoms with Crippen LogP contribution in [0.4, 0.5) is 0 Å². The Bertz CT molecular complexity index is 475. The van der Waals surface area contributed by atoms with Crippen LogP contribution in [0.25, 0.3) is 0 Å². The molecule has 1 aliphatic carbocycles. The molecule has 1 amide bonds. The van der Waals surface area contributed by atoms with Crippen LogP contribution in [0, 0.1) is 0 Å². The van der Waals surface area contributed by atoms with Crippen LogP contribution in [-0.4, -0.2) is 39.6 Å². The number of aliphatic hydroxyl groups excluding tert-OH is 1. The molecule has 0 radical (unpaired) electrons. The predicted octanol–water partition coefficient (Wildman–Crippen LogP) is 1.93. The average Bonchev–Trinajstić information content (AvgIpc) is 3.03. The van der Waals surface area contributed by atoms with E-state index < -0.39 is 5.54 Å². The van der Waals surface area contributed by atoms with Crippen molar-refractivity contribution in [1.29, 1.82) is 0 Å². The standard InChI is InChI=1S/C14H20N2O3/c1-2-14(8-17)6-3-7-16(14)13(18)11-12(10-4-5-10)19-9-15-11/h9-10,17H,2-8H2,1H3. The number of oxazole rings is 1. The molecule has 2 heterocycles. The molecule has 1 aromatic heterocycles. The van der Waals surface area contributed by atoms with E-state index in [1.54, 1.807) is 4.90 Å². The molecule has 5 heteroatoms. The third kappa shape index (κ3) is 1.96. The van der Waals surface area contributed by atoms with Crippen molar-refractivity contribution in [3.05, 3.63) is 17.8 Å². The van der Waals surface area contributed by atoms with Gasteiger partial charge in [0.05, 0.1) is 12.1 Å². The molecule has 2 aliphatic rings. The van der Waals surface area contributed by atoms with Crippen molar-refractivity contribution in [3.63, 3.8) is 0 Å². The largest absolute Gasteiger partial charge is 0.447 e. The number of amides is 1. The fourth-order valence-electron chi connectivity index (χ4n) is 3.08. The molecule has 1 saturated heterocycles. The number of carbonyl (C=O) groups is 1. The van der Waals surface area contributed by atoms with Gasteiger partial charge in [-0.1, -0.05) is 6.92 Å². The molecule has 104 valence electrons. The van der Waals surface area contributed by atoms with E-state index in [9.17, 15) is 9.90 Å². The van der Waals surface area contributed by atoms with E-state index in [1.807, 2.05) is 6.92 Å². The van der Waals surface area contributed by atoms with Gasteiger partial charge in [-0.3, -0.25) is 4.79 Å². The van der Waals surface area contributed by atoms with Gasteiger partial charge in [-0.25, -0.2) is 4.98 Å². The average molecular weight is 264 g/mol. The van der Waals surface area contributed by atoms with Gasteiger partial charge in [-0.05, 0) is 32.1 Å². The van der Waals surface area contributed by atoms with Crippen LogP contribution in [0.2, 0.25) is 0 Å². The monoisotopic (exact) mass is 264 g/mol. The van der Waals surface area contributed by atoms with Gasteiger partial charge in [-0.15, -0.1) is 0 Å². The van der Waals surface area contributed by atoms with Gasteiger partial charge < -0.3 is 14.4 Å². The molecule has 0 aromatic carbocycles. The number of hydrogen-bond donors (Lipinski definition) is 1. The third-order valence-corrected chi connectivity index (χ3v) is 4.54. The first kappa shape index (κ1) is 12.7. The normalized spacial score (nSPS) is 26.9. The van der Waals surface area contributed by atoms with Gasteiger partial charge in [-0.2, -0.15) is 0 Å². The SMILES string of the molecule is CCC1(CO)CCCN1C(=O)c1ncoc1C1CC1. The number of nitrogens with zero attached hydrogens (tertiary/aromatic N) is 2. The van der Waals surface area contributed by atoms with E-state index in [0.717, 1.165) is 37.9 Å². The van der Waals surface area contributed by atoms with E-state index >= 15 is 0 Å². The summed E-state index contributed by atoms with van der Waals surface area (Å²) in [5.74, 6) is 1.03. The summed E-state index contributed by atoms with van der Waals surface area (Å²) in [5.41, 5.74) is 0.0484. The van der Waals surface area contributed by atoms with Gasteiger partial charge >= 0.3 is 0 Å². The number of hydrogen-bond acceptors (Lipinski definition) is 4. The smallest absolute Gasteiger partial charge is 0.276 e. The Morgan fingerprint density at radius 1 is 1.63 bits per heavy atom. The molecule has 1 atom stereocenters. The van der Waals surface area contributed by atoms with Crippen molar-refractivity contribution in [3.8, 4) is 0 Å². The first-order valence-electron chi connectivity index (χ1n) is 7.08. The van der Waals surface area contributed by atoms with Crippen molar-refractivity contribution in [1.82, 2.24) is 9.88 Å². The topological polar surface area (TPSA) is 66.6 Å². The summed E-state index contributed by atoms with van der Waals surface area (Å²) in [5, 5.41) is 9.69. The van der Waals surface area contributed by atoms with E-state index in [-0.39, 0.29) is 12.5 Å². The molecule has 3 rings (SSSR count). The maximum atomic E-state index is 12.7. The number of likely N-dealkylation sites (tertiary alicyclic amines) is 1. The van der Waals surface area contributed by atoms with Crippen LogP contribution in [0.3, 0.4) is 0 Å². The maximum absolute atomic E-state index is 12.7. The lowest BCUT2D eigenvalue weighted by molar-refractivity contribution is 0.0391. The lowest BCUT2D eigenvalue weighted by Crippen LogP contribution is -2.49. The molecule has 2 fully saturated rings. The highest BCUT2D eigenvalue weighted by molar-refractivity contribution is 5.94. The Labute approximate surface area is 112 Å². The quantitative estimate of drug-likeness (QED) is 0.902. The van der Waals surface area contributed by atoms with Gasteiger partial charge in [0.1, 0.15) is 5.76 Å². The van der Waals surface area contributed by atoms with Crippen molar-refractivity contribution < 1.29 is 14.3 Å². The lowest BCUT2D eigenvalue weighted by atomic mass is 9.93. The Morgan fingerprint density at radius 2 is 2.42 bits per heavy atom. The van der Waals surface area contributed by atoms with E-state index in [2.05, 4.69) is 4.98 Å². The minimum atomic E-state index is -0.406. The second-order valence-corrected chi connectivity index (χ2v) is 5.64. The first-order valence-corrected chi connectivity index (χ1v) is 7.08. The summed E-state index contributed by atoms with van der Waals surface area (Å²) >= 11 is 0. The summed E-state index contributed by atoms with van der Waals surface area (Å²) in [7, 11) is 0. The minimum absolute atomic E-state index is 0.0197. The van der Waals surface area contributed by atoms with Crippen LogP contribution in [0.15, 0.2) is 10.8 Å². The zero-order valence-electron chi connectivity index (χ0n) is 11.3. The van der Waals surface area contributed by atoms with Gasteiger partial charge in [0.15, 0.2) is 12.1 Å². The van der Waals surface area contributed by atoms with Gasteiger partial charge in [0.25, 0.3) is 5.91 Å². The van der Waals surface area contributed by atoms with Crippen LogP contribution in [0.5, 0.6) is 0 Å². The zero-order valence-corrected chi connectivity index (χ0v) is 11.3. The minimum Gasteiger partial charge on any atom is -0.447 e. The third-order valence-electron chi connectivity index (χ3n) is 4.54. The summed E-state index contributed by atoms with van der Waals surface area (Å²) in [4.78, 5) is 18.6. The molecule has 5 nitrogen and oxygen atoms in total. The first-order chi connectivity index (χ1) is 9.22. The van der Waals surface area contributed by atoms with Gasteiger partial charge in [0, 0.05) is 12.5 Å². The summed E-state index contributed by atoms with van der Waals surface area (Å²) in [6.07, 6.45) is 6.09. The van der Waals surface area contributed by atoms with Crippen LogP contribution in [0.1, 0.15) is 61.2 Å². The zero-order chi connectivity index (χ0) is 13.5.